The minimum absolute atomic E-state index is 0.0281. The normalized spacial score (nSPS) is 11.9. The molecular weight excluding hydrogens is 336 g/mol. The van der Waals surface area contributed by atoms with E-state index >= 15 is 0 Å². The van der Waals surface area contributed by atoms with E-state index in [1.807, 2.05) is 45.0 Å². The van der Waals surface area contributed by atoms with Gasteiger partial charge in [0.15, 0.2) is 0 Å². The third-order valence-corrected chi connectivity index (χ3v) is 4.18. The zero-order chi connectivity index (χ0) is 18.4. The van der Waals surface area contributed by atoms with Crippen molar-refractivity contribution in [3.05, 3.63) is 70.2 Å². The topological polar surface area (TPSA) is 58.2 Å². The second-order valence-electron chi connectivity index (χ2n) is 6.41. The summed E-state index contributed by atoms with van der Waals surface area (Å²) in [6.45, 7) is 6.16. The van der Waals surface area contributed by atoms with Crippen molar-refractivity contribution in [3.8, 4) is 0 Å². The van der Waals surface area contributed by atoms with E-state index in [1.54, 1.807) is 24.3 Å². The molecule has 0 aliphatic heterocycles. The maximum absolute atomic E-state index is 12.5. The Kier molecular flexibility index (Phi) is 6.59. The first-order valence-electron chi connectivity index (χ1n) is 8.26. The molecule has 25 heavy (non-hydrogen) atoms. The van der Waals surface area contributed by atoms with Crippen LogP contribution in [0, 0.1) is 12.8 Å². The molecule has 2 amide bonds. The molecule has 0 bridgehead atoms. The van der Waals surface area contributed by atoms with E-state index in [9.17, 15) is 9.59 Å². The molecule has 2 N–H and O–H groups in total. The zero-order valence-corrected chi connectivity index (χ0v) is 15.4. The molecule has 4 nitrogen and oxygen atoms in total. The van der Waals surface area contributed by atoms with Crippen LogP contribution in [0.5, 0.6) is 0 Å². The molecule has 0 spiro atoms. The van der Waals surface area contributed by atoms with Crippen LogP contribution in [0.25, 0.3) is 0 Å². The molecule has 2 aromatic carbocycles. The Morgan fingerprint density at radius 3 is 2.16 bits per heavy atom. The van der Waals surface area contributed by atoms with Crippen LogP contribution in [0.15, 0.2) is 48.5 Å². The molecule has 2 rings (SSSR count). The Morgan fingerprint density at radius 1 is 1.00 bits per heavy atom. The van der Waals surface area contributed by atoms with Gasteiger partial charge in [0.1, 0.15) is 6.04 Å². The maximum Gasteiger partial charge on any atom is 0.251 e. The van der Waals surface area contributed by atoms with Gasteiger partial charge >= 0.3 is 0 Å². The summed E-state index contributed by atoms with van der Waals surface area (Å²) >= 11 is 5.86. The molecule has 132 valence electrons. The fourth-order valence-corrected chi connectivity index (χ4v) is 2.49. The molecule has 0 aliphatic carbocycles. The number of amides is 2. The first-order chi connectivity index (χ1) is 11.9. The van der Waals surface area contributed by atoms with Crippen molar-refractivity contribution in [1.29, 1.82) is 0 Å². The third kappa shape index (κ3) is 5.61. The number of hydrogen-bond acceptors (Lipinski definition) is 2. The molecule has 0 radical (unpaired) electrons. The first kappa shape index (κ1) is 19.0. The van der Waals surface area contributed by atoms with E-state index < -0.39 is 6.04 Å². The number of hydrogen-bond donors (Lipinski definition) is 2. The summed E-state index contributed by atoms with van der Waals surface area (Å²) in [5.74, 6) is -0.481. The summed E-state index contributed by atoms with van der Waals surface area (Å²) in [7, 11) is 0. The van der Waals surface area contributed by atoms with Crippen LogP contribution in [-0.2, 0) is 11.3 Å². The lowest BCUT2D eigenvalue weighted by Crippen LogP contribution is -2.49. The second kappa shape index (κ2) is 8.67. The molecule has 0 saturated carbocycles. The van der Waals surface area contributed by atoms with E-state index in [1.165, 1.54) is 0 Å². The van der Waals surface area contributed by atoms with E-state index in [-0.39, 0.29) is 17.7 Å². The monoisotopic (exact) mass is 358 g/mol. The quantitative estimate of drug-likeness (QED) is 0.826. The SMILES string of the molecule is Cc1ccc(C(=O)NC(C(=O)NCc2ccc(Cl)cc2)C(C)C)cc1. The van der Waals surface area contributed by atoms with Crippen molar-refractivity contribution in [2.24, 2.45) is 5.92 Å². The van der Waals surface area contributed by atoms with Crippen molar-refractivity contribution < 1.29 is 9.59 Å². The van der Waals surface area contributed by atoms with Crippen LogP contribution in [0.2, 0.25) is 5.02 Å². The molecular formula is C20H23ClN2O2. The van der Waals surface area contributed by atoms with E-state index in [2.05, 4.69) is 10.6 Å². The number of nitrogens with one attached hydrogen (secondary N) is 2. The smallest absolute Gasteiger partial charge is 0.251 e. The van der Waals surface area contributed by atoms with Gasteiger partial charge in [-0.25, -0.2) is 0 Å². The number of benzene rings is 2. The predicted molar refractivity (Wildman–Crippen MR) is 101 cm³/mol. The fourth-order valence-electron chi connectivity index (χ4n) is 2.37. The van der Waals surface area contributed by atoms with Crippen LogP contribution in [0.1, 0.15) is 35.3 Å². The van der Waals surface area contributed by atoms with Gasteiger partial charge in [-0.1, -0.05) is 55.3 Å². The van der Waals surface area contributed by atoms with Crippen LogP contribution in [0.3, 0.4) is 0 Å². The summed E-state index contributed by atoms with van der Waals surface area (Å²) in [5, 5.41) is 6.35. The van der Waals surface area contributed by atoms with Gasteiger partial charge < -0.3 is 10.6 Å². The number of aryl methyl sites for hydroxylation is 1. The predicted octanol–water partition coefficient (Wildman–Crippen LogP) is 3.72. The molecule has 0 aromatic heterocycles. The molecule has 0 saturated heterocycles. The van der Waals surface area contributed by atoms with Crippen molar-refractivity contribution in [3.63, 3.8) is 0 Å². The highest BCUT2D eigenvalue weighted by molar-refractivity contribution is 6.30. The Bertz CT molecular complexity index is 724. The zero-order valence-electron chi connectivity index (χ0n) is 14.7. The number of carbonyl (C=O) groups excluding carboxylic acids is 2. The number of carbonyl (C=O) groups is 2. The summed E-state index contributed by atoms with van der Waals surface area (Å²) in [4.78, 5) is 24.9. The van der Waals surface area contributed by atoms with Gasteiger partial charge in [-0.05, 0) is 42.7 Å². The average molecular weight is 359 g/mol. The van der Waals surface area contributed by atoms with Crippen molar-refractivity contribution in [2.45, 2.75) is 33.4 Å². The summed E-state index contributed by atoms with van der Waals surface area (Å²) in [6.07, 6.45) is 0. The van der Waals surface area contributed by atoms with Crippen LogP contribution >= 0.6 is 11.6 Å². The Balaban J connectivity index is 1.98. The van der Waals surface area contributed by atoms with Crippen LogP contribution < -0.4 is 10.6 Å². The van der Waals surface area contributed by atoms with Gasteiger partial charge in [-0.3, -0.25) is 9.59 Å². The third-order valence-electron chi connectivity index (χ3n) is 3.93. The van der Waals surface area contributed by atoms with E-state index in [0.717, 1.165) is 11.1 Å². The lowest BCUT2D eigenvalue weighted by atomic mass is 10.0. The lowest BCUT2D eigenvalue weighted by molar-refractivity contribution is -0.124. The first-order valence-corrected chi connectivity index (χ1v) is 8.64. The summed E-state index contributed by atoms with van der Waals surface area (Å²) in [5.41, 5.74) is 2.57. The molecule has 5 heteroatoms. The Hall–Kier alpha value is -2.33. The number of rotatable bonds is 6. The van der Waals surface area contributed by atoms with Gasteiger partial charge in [0, 0.05) is 17.1 Å². The second-order valence-corrected chi connectivity index (χ2v) is 6.84. The van der Waals surface area contributed by atoms with Gasteiger partial charge in [-0.2, -0.15) is 0 Å². The molecule has 0 heterocycles. The minimum Gasteiger partial charge on any atom is -0.350 e. The van der Waals surface area contributed by atoms with Crippen LogP contribution in [0.4, 0.5) is 0 Å². The fraction of sp³-hybridized carbons (Fsp3) is 0.300. The summed E-state index contributed by atoms with van der Waals surface area (Å²) in [6, 6.07) is 13.9. The average Bonchev–Trinajstić information content (AvgIpc) is 2.59. The van der Waals surface area contributed by atoms with Crippen molar-refractivity contribution in [1.82, 2.24) is 10.6 Å². The van der Waals surface area contributed by atoms with Gasteiger partial charge in [0.25, 0.3) is 5.91 Å². The molecule has 0 fully saturated rings. The highest BCUT2D eigenvalue weighted by Crippen LogP contribution is 2.10. The number of halogens is 1. The minimum atomic E-state index is -0.596. The highest BCUT2D eigenvalue weighted by Gasteiger charge is 2.24. The van der Waals surface area contributed by atoms with Crippen molar-refractivity contribution in [2.75, 3.05) is 0 Å². The summed E-state index contributed by atoms with van der Waals surface area (Å²) < 4.78 is 0. The molecule has 1 atom stereocenters. The van der Waals surface area contributed by atoms with Gasteiger partial charge in [0.2, 0.25) is 5.91 Å². The van der Waals surface area contributed by atoms with Crippen molar-refractivity contribution >= 4 is 23.4 Å². The molecule has 0 aliphatic rings. The largest absolute Gasteiger partial charge is 0.350 e. The van der Waals surface area contributed by atoms with E-state index in [0.29, 0.717) is 17.1 Å². The maximum atomic E-state index is 12.5. The van der Waals surface area contributed by atoms with Gasteiger partial charge in [0.05, 0.1) is 0 Å². The Morgan fingerprint density at radius 2 is 1.60 bits per heavy atom. The lowest BCUT2D eigenvalue weighted by Gasteiger charge is -2.22. The Labute approximate surface area is 153 Å². The van der Waals surface area contributed by atoms with E-state index in [4.69, 9.17) is 11.6 Å². The molecule has 2 aromatic rings. The van der Waals surface area contributed by atoms with Gasteiger partial charge in [-0.15, -0.1) is 0 Å². The molecule has 1 unspecified atom stereocenters. The highest BCUT2D eigenvalue weighted by atomic mass is 35.5. The van der Waals surface area contributed by atoms with Crippen LogP contribution in [-0.4, -0.2) is 17.9 Å². The standard InChI is InChI=1S/C20H23ClN2O2/c1-13(2)18(23-19(24)16-8-4-14(3)5-9-16)20(25)22-12-15-6-10-17(21)11-7-15/h4-11,13,18H,12H2,1-3H3,(H,22,25)(H,23,24).